The minimum Gasteiger partial charge on any atom is -0.379 e. The van der Waals surface area contributed by atoms with E-state index in [2.05, 4.69) is 5.32 Å². The summed E-state index contributed by atoms with van der Waals surface area (Å²) < 4.78 is 23.0. The van der Waals surface area contributed by atoms with Gasteiger partial charge in [-0.3, -0.25) is 0 Å². The van der Waals surface area contributed by atoms with Crippen molar-refractivity contribution in [3.05, 3.63) is 24.3 Å². The summed E-state index contributed by atoms with van der Waals surface area (Å²) in [6.45, 7) is 4.58. The zero-order valence-electron chi connectivity index (χ0n) is 10.8. The molecule has 5 N–H and O–H groups in total. The third-order valence-corrected chi connectivity index (χ3v) is 4.08. The molecule has 0 aliphatic carbocycles. The second-order valence-electron chi connectivity index (χ2n) is 4.62. The average Bonchev–Trinajstić information content (AvgIpc) is 2.28. The molecule has 5 nitrogen and oxygen atoms in total. The lowest BCUT2D eigenvalue weighted by atomic mass is 9.94. The van der Waals surface area contributed by atoms with Gasteiger partial charge in [0.25, 0.3) is 0 Å². The highest BCUT2D eigenvalue weighted by Gasteiger charge is 2.23. The molecule has 0 saturated carbocycles. The Morgan fingerprint density at radius 1 is 1.33 bits per heavy atom. The van der Waals surface area contributed by atoms with Crippen LogP contribution in [0.25, 0.3) is 0 Å². The van der Waals surface area contributed by atoms with E-state index in [1.54, 1.807) is 18.2 Å². The first-order chi connectivity index (χ1) is 8.32. The molecule has 0 aromatic heterocycles. The Balaban J connectivity index is 3.11. The number of hydrogen-bond donors (Lipinski definition) is 3. The molecule has 0 bridgehead atoms. The van der Waals surface area contributed by atoms with E-state index < -0.39 is 10.0 Å². The van der Waals surface area contributed by atoms with Crippen LogP contribution in [0.5, 0.6) is 0 Å². The second-order valence-corrected chi connectivity index (χ2v) is 6.15. The third-order valence-electron chi connectivity index (χ3n) is 3.11. The first kappa shape index (κ1) is 14.9. The number of nitrogens with one attached hydrogen (secondary N) is 1. The Morgan fingerprint density at radius 2 is 1.94 bits per heavy atom. The third kappa shape index (κ3) is 3.69. The molecule has 0 heterocycles. The quantitative estimate of drug-likeness (QED) is 0.725. The van der Waals surface area contributed by atoms with E-state index in [0.717, 1.165) is 12.8 Å². The van der Waals surface area contributed by atoms with Gasteiger partial charge in [0.1, 0.15) is 4.90 Å². The highest BCUT2D eigenvalue weighted by molar-refractivity contribution is 7.89. The molecule has 1 rings (SSSR count). The maximum Gasteiger partial charge on any atom is 0.240 e. The van der Waals surface area contributed by atoms with E-state index in [-0.39, 0.29) is 10.4 Å². The lowest BCUT2D eigenvalue weighted by Gasteiger charge is -2.31. The van der Waals surface area contributed by atoms with Crippen LogP contribution in [-0.2, 0) is 10.0 Å². The van der Waals surface area contributed by atoms with Crippen LogP contribution >= 0.6 is 0 Å². The first-order valence-electron chi connectivity index (χ1n) is 5.92. The van der Waals surface area contributed by atoms with Crippen molar-refractivity contribution in [1.82, 2.24) is 0 Å². The van der Waals surface area contributed by atoms with E-state index in [1.165, 1.54) is 6.07 Å². The fourth-order valence-electron chi connectivity index (χ4n) is 1.79. The van der Waals surface area contributed by atoms with Crippen molar-refractivity contribution in [2.45, 2.75) is 37.1 Å². The van der Waals surface area contributed by atoms with Gasteiger partial charge in [-0.15, -0.1) is 0 Å². The molecule has 0 amide bonds. The Kier molecular flexibility index (Phi) is 4.72. The molecule has 0 saturated heterocycles. The number of benzene rings is 1. The normalized spacial score (nSPS) is 15.1. The summed E-state index contributed by atoms with van der Waals surface area (Å²) in [4.78, 5) is 0.113. The van der Waals surface area contributed by atoms with E-state index in [9.17, 15) is 8.42 Å². The fourth-order valence-corrected chi connectivity index (χ4v) is 2.48. The van der Waals surface area contributed by atoms with Gasteiger partial charge >= 0.3 is 0 Å². The Morgan fingerprint density at radius 3 is 2.44 bits per heavy atom. The van der Waals surface area contributed by atoms with E-state index in [4.69, 9.17) is 10.9 Å². The molecular formula is C12H21N3O2S. The number of anilines is 1. The Labute approximate surface area is 109 Å². The zero-order valence-corrected chi connectivity index (χ0v) is 11.6. The summed E-state index contributed by atoms with van der Waals surface area (Å²) >= 11 is 0. The van der Waals surface area contributed by atoms with Gasteiger partial charge in [-0.25, -0.2) is 13.6 Å². The predicted molar refractivity (Wildman–Crippen MR) is 73.8 cm³/mol. The molecule has 0 aliphatic rings. The molecule has 1 atom stereocenters. The summed E-state index contributed by atoms with van der Waals surface area (Å²) in [5, 5.41) is 8.44. The SMILES string of the molecule is CCC(C)(CCN)Nc1ccccc1S(N)(=O)=O. The summed E-state index contributed by atoms with van der Waals surface area (Å²) in [5.74, 6) is 0. The van der Waals surface area contributed by atoms with Gasteiger partial charge in [-0.1, -0.05) is 19.1 Å². The van der Waals surface area contributed by atoms with Crippen molar-refractivity contribution >= 4 is 15.7 Å². The summed E-state index contributed by atoms with van der Waals surface area (Å²) in [6, 6.07) is 6.63. The molecule has 18 heavy (non-hydrogen) atoms. The molecule has 0 spiro atoms. The van der Waals surface area contributed by atoms with Gasteiger partial charge in [0.15, 0.2) is 0 Å². The molecule has 1 aromatic rings. The maximum atomic E-state index is 11.5. The Bertz CT molecular complexity index is 502. The summed E-state index contributed by atoms with van der Waals surface area (Å²) in [6.07, 6.45) is 1.59. The van der Waals surface area contributed by atoms with Crippen LogP contribution in [0, 0.1) is 0 Å². The van der Waals surface area contributed by atoms with Crippen molar-refractivity contribution in [2.75, 3.05) is 11.9 Å². The van der Waals surface area contributed by atoms with Crippen LogP contribution in [0.2, 0.25) is 0 Å². The molecule has 102 valence electrons. The van der Waals surface area contributed by atoms with Gasteiger partial charge in [0, 0.05) is 5.54 Å². The van der Waals surface area contributed by atoms with Gasteiger partial charge in [0.05, 0.1) is 5.69 Å². The summed E-state index contributed by atoms with van der Waals surface area (Å²) in [7, 11) is -3.72. The van der Waals surface area contributed by atoms with Crippen molar-refractivity contribution in [3.63, 3.8) is 0 Å². The van der Waals surface area contributed by atoms with Crippen molar-refractivity contribution in [3.8, 4) is 0 Å². The number of para-hydroxylation sites is 1. The van der Waals surface area contributed by atoms with E-state index >= 15 is 0 Å². The van der Waals surface area contributed by atoms with Gasteiger partial charge in [0.2, 0.25) is 10.0 Å². The lowest BCUT2D eigenvalue weighted by Crippen LogP contribution is -2.37. The monoisotopic (exact) mass is 271 g/mol. The van der Waals surface area contributed by atoms with Crippen molar-refractivity contribution in [1.29, 1.82) is 0 Å². The van der Waals surface area contributed by atoms with Crippen LogP contribution in [-0.4, -0.2) is 20.5 Å². The molecule has 1 aromatic carbocycles. The largest absolute Gasteiger partial charge is 0.379 e. The van der Waals surface area contributed by atoms with Gasteiger partial charge in [-0.2, -0.15) is 0 Å². The highest BCUT2D eigenvalue weighted by atomic mass is 32.2. The maximum absolute atomic E-state index is 11.5. The minimum atomic E-state index is -3.72. The number of hydrogen-bond acceptors (Lipinski definition) is 4. The van der Waals surface area contributed by atoms with E-state index in [0.29, 0.717) is 12.2 Å². The second kappa shape index (κ2) is 5.69. The van der Waals surface area contributed by atoms with Crippen LogP contribution in [0.15, 0.2) is 29.2 Å². The molecule has 0 radical (unpaired) electrons. The smallest absolute Gasteiger partial charge is 0.240 e. The lowest BCUT2D eigenvalue weighted by molar-refractivity contribution is 0.462. The van der Waals surface area contributed by atoms with Crippen LogP contribution in [0.4, 0.5) is 5.69 Å². The molecule has 1 unspecified atom stereocenters. The van der Waals surface area contributed by atoms with Crippen LogP contribution in [0.3, 0.4) is 0 Å². The summed E-state index contributed by atoms with van der Waals surface area (Å²) in [5.41, 5.74) is 5.87. The molecule has 0 fully saturated rings. The zero-order chi connectivity index (χ0) is 13.8. The average molecular weight is 271 g/mol. The van der Waals surface area contributed by atoms with Gasteiger partial charge < -0.3 is 11.1 Å². The van der Waals surface area contributed by atoms with Crippen LogP contribution in [0.1, 0.15) is 26.7 Å². The highest BCUT2D eigenvalue weighted by Crippen LogP contribution is 2.26. The molecular weight excluding hydrogens is 250 g/mol. The number of nitrogens with two attached hydrogens (primary N) is 2. The van der Waals surface area contributed by atoms with E-state index in [1.807, 2.05) is 13.8 Å². The minimum absolute atomic E-state index is 0.113. The number of rotatable bonds is 6. The molecule has 6 heteroatoms. The van der Waals surface area contributed by atoms with Crippen molar-refractivity contribution in [2.24, 2.45) is 10.9 Å². The predicted octanol–water partition coefficient (Wildman–Crippen LogP) is 1.26. The van der Waals surface area contributed by atoms with Gasteiger partial charge in [-0.05, 0) is 38.4 Å². The molecule has 0 aliphatic heterocycles. The first-order valence-corrected chi connectivity index (χ1v) is 7.47. The standard InChI is InChI=1S/C12H21N3O2S/c1-3-12(2,8-9-13)15-10-6-4-5-7-11(10)18(14,16)17/h4-7,15H,3,8-9,13H2,1-2H3,(H2,14,16,17). The Hall–Kier alpha value is -1.11. The van der Waals surface area contributed by atoms with Crippen molar-refractivity contribution < 1.29 is 8.42 Å². The topological polar surface area (TPSA) is 98.2 Å². The number of primary sulfonamides is 1. The fraction of sp³-hybridized carbons (Fsp3) is 0.500. The van der Waals surface area contributed by atoms with Crippen LogP contribution < -0.4 is 16.2 Å². The number of sulfonamides is 1.